The number of allylic oxidation sites excluding steroid dienone is 5. The molecule has 0 rings (SSSR count). The molecule has 4 heteroatoms. The lowest BCUT2D eigenvalue weighted by Gasteiger charge is -2.06. The molecule has 0 fully saturated rings. The lowest BCUT2D eigenvalue weighted by Crippen LogP contribution is -2.12. The van der Waals surface area contributed by atoms with Crippen molar-refractivity contribution in [1.29, 1.82) is 0 Å². The molecule has 0 radical (unpaired) electrons. The van der Waals surface area contributed by atoms with Gasteiger partial charge in [-0.15, -0.1) is 0 Å². The molecule has 4 nitrogen and oxygen atoms in total. The van der Waals surface area contributed by atoms with Crippen LogP contribution in [0.2, 0.25) is 0 Å². The molecule has 0 heterocycles. The first-order valence-corrected chi connectivity index (χ1v) is 6.85. The zero-order valence-corrected chi connectivity index (χ0v) is 12.9. The first-order valence-electron chi connectivity index (χ1n) is 6.85. The number of rotatable bonds is 10. The smallest absolute Gasteiger partial charge is 0.338 e. The Morgan fingerprint density at radius 3 is 1.82 bits per heavy atom. The maximum Gasteiger partial charge on any atom is 0.338 e. The van der Waals surface area contributed by atoms with Crippen LogP contribution in [0.5, 0.6) is 0 Å². The average Bonchev–Trinajstić information content (AvgIpc) is 2.52. The van der Waals surface area contributed by atoms with Crippen LogP contribution in [-0.4, -0.2) is 25.2 Å². The summed E-state index contributed by atoms with van der Waals surface area (Å²) in [4.78, 5) is 23.3. The summed E-state index contributed by atoms with van der Waals surface area (Å²) in [5, 5.41) is 0. The van der Waals surface area contributed by atoms with Crippen molar-refractivity contribution in [2.45, 2.75) is 13.3 Å². The van der Waals surface area contributed by atoms with E-state index in [1.165, 1.54) is 24.3 Å². The third-order valence-electron chi connectivity index (χ3n) is 2.43. The Hall–Kier alpha value is -2.62. The van der Waals surface area contributed by atoms with Gasteiger partial charge in [-0.3, -0.25) is 0 Å². The van der Waals surface area contributed by atoms with Crippen LogP contribution in [0.3, 0.4) is 0 Å². The van der Waals surface area contributed by atoms with Crippen LogP contribution in [0, 0.1) is 0 Å². The summed E-state index contributed by atoms with van der Waals surface area (Å²) in [6.45, 7) is 12.7. The first-order chi connectivity index (χ1) is 10.6. The van der Waals surface area contributed by atoms with Gasteiger partial charge in [0.05, 0.1) is 24.4 Å². The lowest BCUT2D eigenvalue weighted by molar-refractivity contribution is -0.141. The highest BCUT2D eigenvalue weighted by Crippen LogP contribution is 2.03. The van der Waals surface area contributed by atoms with Crippen LogP contribution < -0.4 is 0 Å². The van der Waals surface area contributed by atoms with Crippen LogP contribution in [0.15, 0.2) is 73.4 Å². The molecule has 0 saturated carbocycles. The maximum atomic E-state index is 11.7. The Labute approximate surface area is 131 Å². The minimum absolute atomic E-state index is 0.149. The largest absolute Gasteiger partial charge is 0.462 e. The molecule has 0 bridgehead atoms. The quantitative estimate of drug-likeness (QED) is 0.268. The molecule has 0 unspecified atom stereocenters. The maximum absolute atomic E-state index is 11.7. The van der Waals surface area contributed by atoms with Gasteiger partial charge in [0.15, 0.2) is 0 Å². The van der Waals surface area contributed by atoms with E-state index in [-0.39, 0.29) is 13.2 Å². The summed E-state index contributed by atoms with van der Waals surface area (Å²) in [5.74, 6) is -0.946. The summed E-state index contributed by atoms with van der Waals surface area (Å²) in [5.41, 5.74) is 0.702. The van der Waals surface area contributed by atoms with Crippen LogP contribution >= 0.6 is 0 Å². The molecule has 0 N–H and O–H groups in total. The molecule has 118 valence electrons. The Morgan fingerprint density at radius 1 is 0.909 bits per heavy atom. The Morgan fingerprint density at radius 2 is 1.41 bits per heavy atom. The van der Waals surface area contributed by atoms with Crippen molar-refractivity contribution in [1.82, 2.24) is 0 Å². The standard InChI is InChI=1S/C18H22O4/c1-5-9-12-16(8-4)18(20)22-14-10-13-21-17(19)15(7-3)11-6-2/h5-9,11-12H,2-4,10,13-14H2,1H3/b9-5-,15-11+,16-12+. The van der Waals surface area contributed by atoms with Gasteiger partial charge in [-0.1, -0.05) is 50.1 Å². The fourth-order valence-electron chi connectivity index (χ4n) is 1.32. The summed E-state index contributed by atoms with van der Waals surface area (Å²) in [7, 11) is 0. The van der Waals surface area contributed by atoms with Crippen molar-refractivity contribution in [3.8, 4) is 0 Å². The molecule has 0 aliphatic rings. The summed E-state index contributed by atoms with van der Waals surface area (Å²) in [6, 6.07) is 0. The minimum atomic E-state index is -0.485. The molecule has 0 aromatic rings. The molecule has 0 spiro atoms. The number of esters is 2. The van der Waals surface area contributed by atoms with E-state index in [4.69, 9.17) is 9.47 Å². The predicted octanol–water partition coefficient (Wildman–Crippen LogP) is 3.45. The highest BCUT2D eigenvalue weighted by atomic mass is 16.5. The fraction of sp³-hybridized carbons (Fsp3) is 0.222. The van der Waals surface area contributed by atoms with Crippen molar-refractivity contribution in [2.75, 3.05) is 13.2 Å². The van der Waals surface area contributed by atoms with Crippen LogP contribution in [0.4, 0.5) is 0 Å². The van der Waals surface area contributed by atoms with Gasteiger partial charge in [-0.05, 0) is 19.1 Å². The fourth-order valence-corrected chi connectivity index (χ4v) is 1.32. The van der Waals surface area contributed by atoms with Crippen LogP contribution in [0.1, 0.15) is 13.3 Å². The molecular weight excluding hydrogens is 280 g/mol. The third-order valence-corrected chi connectivity index (χ3v) is 2.43. The molecule has 0 aliphatic heterocycles. The second kappa shape index (κ2) is 12.1. The normalized spacial score (nSPS) is 11.9. The van der Waals surface area contributed by atoms with Crippen molar-refractivity contribution in [2.24, 2.45) is 0 Å². The van der Waals surface area contributed by atoms with Gasteiger partial charge in [0.1, 0.15) is 0 Å². The summed E-state index contributed by atoms with van der Waals surface area (Å²) in [6.07, 6.45) is 11.4. The predicted molar refractivity (Wildman–Crippen MR) is 88.1 cm³/mol. The lowest BCUT2D eigenvalue weighted by atomic mass is 10.2. The van der Waals surface area contributed by atoms with E-state index in [2.05, 4.69) is 19.7 Å². The van der Waals surface area contributed by atoms with Crippen molar-refractivity contribution >= 4 is 11.9 Å². The summed E-state index contributed by atoms with van der Waals surface area (Å²) < 4.78 is 10.1. The van der Waals surface area contributed by atoms with E-state index in [9.17, 15) is 9.59 Å². The first kappa shape index (κ1) is 19.4. The zero-order chi connectivity index (χ0) is 16.8. The number of hydrogen-bond donors (Lipinski definition) is 0. The van der Waals surface area contributed by atoms with Crippen molar-refractivity contribution in [3.63, 3.8) is 0 Å². The van der Waals surface area contributed by atoms with E-state index in [0.29, 0.717) is 17.6 Å². The van der Waals surface area contributed by atoms with E-state index >= 15 is 0 Å². The molecule has 22 heavy (non-hydrogen) atoms. The van der Waals surface area contributed by atoms with Gasteiger partial charge in [0.2, 0.25) is 0 Å². The van der Waals surface area contributed by atoms with Crippen molar-refractivity contribution < 1.29 is 19.1 Å². The minimum Gasteiger partial charge on any atom is -0.462 e. The molecule has 0 aromatic heterocycles. The number of carbonyl (C=O) groups excluding carboxylic acids is 2. The topological polar surface area (TPSA) is 52.6 Å². The number of ether oxygens (including phenoxy) is 2. The van der Waals surface area contributed by atoms with Crippen LogP contribution in [-0.2, 0) is 19.1 Å². The van der Waals surface area contributed by atoms with Gasteiger partial charge in [0.25, 0.3) is 0 Å². The molecule has 0 atom stereocenters. The van der Waals surface area contributed by atoms with Gasteiger partial charge >= 0.3 is 11.9 Å². The molecule has 0 amide bonds. The van der Waals surface area contributed by atoms with Gasteiger partial charge < -0.3 is 9.47 Å². The molecule has 0 aliphatic carbocycles. The van der Waals surface area contributed by atoms with E-state index in [1.54, 1.807) is 18.2 Å². The van der Waals surface area contributed by atoms with Gasteiger partial charge in [0, 0.05) is 6.42 Å². The van der Waals surface area contributed by atoms with Gasteiger partial charge in [-0.25, -0.2) is 9.59 Å². The number of carbonyl (C=O) groups is 2. The highest BCUT2D eigenvalue weighted by molar-refractivity contribution is 5.92. The number of hydrogen-bond acceptors (Lipinski definition) is 4. The average molecular weight is 302 g/mol. The van der Waals surface area contributed by atoms with E-state index in [0.717, 1.165) is 0 Å². The van der Waals surface area contributed by atoms with E-state index < -0.39 is 11.9 Å². The Bertz CT molecular complexity index is 507. The van der Waals surface area contributed by atoms with E-state index in [1.807, 2.05) is 6.92 Å². The van der Waals surface area contributed by atoms with Gasteiger partial charge in [-0.2, -0.15) is 0 Å². The Balaban J connectivity index is 4.13. The second-order valence-corrected chi connectivity index (χ2v) is 4.04. The SMILES string of the molecule is C=C/C=C(\C=C)C(=O)OCCCOC(=O)/C(C=C)=C/C=C\C. The highest BCUT2D eigenvalue weighted by Gasteiger charge is 2.08. The van der Waals surface area contributed by atoms with Crippen molar-refractivity contribution in [3.05, 3.63) is 73.4 Å². The molecule has 0 saturated heterocycles. The molecule has 0 aromatic carbocycles. The Kier molecular flexibility index (Phi) is 10.7. The zero-order valence-electron chi connectivity index (χ0n) is 12.9. The monoisotopic (exact) mass is 302 g/mol. The second-order valence-electron chi connectivity index (χ2n) is 4.04. The summed E-state index contributed by atoms with van der Waals surface area (Å²) >= 11 is 0. The van der Waals surface area contributed by atoms with Crippen LogP contribution in [0.25, 0.3) is 0 Å². The molecular formula is C18H22O4. The third kappa shape index (κ3) is 7.85.